The van der Waals surface area contributed by atoms with Crippen molar-refractivity contribution in [1.29, 1.82) is 0 Å². The molecule has 0 spiro atoms. The van der Waals surface area contributed by atoms with Crippen molar-refractivity contribution in [1.82, 2.24) is 19.9 Å². The summed E-state index contributed by atoms with van der Waals surface area (Å²) in [6, 6.07) is -0.833. The Balaban J connectivity index is 0.000000280. The maximum Gasteiger partial charge on any atom is 0.309 e. The molecule has 16 heavy (non-hydrogen) atoms. The maximum atomic E-state index is 11.4. The average molecular weight is 222 g/mol. The van der Waals surface area contributed by atoms with E-state index in [9.17, 15) is 4.79 Å². The number of imidazole rings is 2. The molecule has 2 aromatic rings. The Morgan fingerprint density at radius 3 is 1.62 bits per heavy atom. The molecule has 0 aromatic carbocycles. The summed E-state index contributed by atoms with van der Waals surface area (Å²) in [6.45, 7) is 0. The van der Waals surface area contributed by atoms with E-state index in [0.29, 0.717) is 11.6 Å². The second kappa shape index (κ2) is 5.29. The lowest BCUT2D eigenvalue weighted by Crippen LogP contribution is -2.18. The van der Waals surface area contributed by atoms with Crippen LogP contribution in [0.4, 0.5) is 4.79 Å². The van der Waals surface area contributed by atoms with E-state index in [1.807, 2.05) is 0 Å². The zero-order valence-corrected chi connectivity index (χ0v) is 8.18. The van der Waals surface area contributed by atoms with Gasteiger partial charge in [0.05, 0.1) is 0 Å². The monoisotopic (exact) mass is 222 g/mol. The highest BCUT2D eigenvalue weighted by Gasteiger charge is 2.12. The predicted molar refractivity (Wildman–Crippen MR) is 54.4 cm³/mol. The Labute approximate surface area is 90.1 Å². The molecule has 0 radical (unpaired) electrons. The van der Waals surface area contributed by atoms with Crippen LogP contribution < -0.4 is 11.5 Å². The van der Waals surface area contributed by atoms with Crippen LogP contribution in [0.2, 0.25) is 0 Å². The predicted octanol–water partition coefficient (Wildman–Crippen LogP) is -0.612. The van der Waals surface area contributed by atoms with E-state index in [2.05, 4.69) is 31.4 Å². The second-order valence-corrected chi connectivity index (χ2v) is 2.61. The first kappa shape index (κ1) is 11.4. The lowest BCUT2D eigenvalue weighted by atomic mass is 10.3. The van der Waals surface area contributed by atoms with Crippen LogP contribution in [0.1, 0.15) is 16.4 Å². The number of aromatic amines is 2. The number of carbonyl (C=O) groups excluding carboxylic acids is 2. The van der Waals surface area contributed by atoms with Crippen molar-refractivity contribution in [3.8, 4) is 0 Å². The number of hydrogen-bond donors (Lipinski definition) is 4. The molecule has 0 saturated heterocycles. The molecule has 0 aliphatic heterocycles. The fraction of sp³-hybridized carbons (Fsp3) is 0. The van der Waals surface area contributed by atoms with Gasteiger partial charge in [-0.2, -0.15) is 0 Å². The molecule has 0 aliphatic carbocycles. The number of nitrogens with two attached hydrogens (primary N) is 2. The van der Waals surface area contributed by atoms with Gasteiger partial charge in [-0.25, -0.2) is 14.8 Å². The normalized spacial score (nSPS) is 9.00. The third kappa shape index (κ3) is 3.25. The van der Waals surface area contributed by atoms with Gasteiger partial charge < -0.3 is 21.4 Å². The first-order valence-corrected chi connectivity index (χ1v) is 4.19. The van der Waals surface area contributed by atoms with Gasteiger partial charge in [-0.05, 0) is 0 Å². The van der Waals surface area contributed by atoms with Crippen molar-refractivity contribution in [3.63, 3.8) is 0 Å². The Morgan fingerprint density at radius 2 is 1.38 bits per heavy atom. The molecular formula is C8H10N6O2. The first-order valence-electron chi connectivity index (χ1n) is 4.19. The molecule has 0 saturated carbocycles. The second-order valence-electron chi connectivity index (χ2n) is 2.61. The van der Waals surface area contributed by atoms with Gasteiger partial charge in [-0.3, -0.25) is 4.79 Å². The molecule has 0 bridgehead atoms. The fourth-order valence-electron chi connectivity index (χ4n) is 0.891. The van der Waals surface area contributed by atoms with Gasteiger partial charge in [0.1, 0.15) is 0 Å². The molecule has 2 rings (SSSR count). The molecule has 8 nitrogen and oxygen atoms in total. The number of aromatic nitrogens is 4. The van der Waals surface area contributed by atoms with Crippen molar-refractivity contribution < 1.29 is 9.59 Å². The summed E-state index contributed by atoms with van der Waals surface area (Å²) in [5.74, 6) is 0.361. The third-order valence-corrected chi connectivity index (χ3v) is 1.43. The largest absolute Gasteiger partial charge is 0.352 e. The summed E-state index contributed by atoms with van der Waals surface area (Å²) in [5.41, 5.74) is 8.50. The van der Waals surface area contributed by atoms with Gasteiger partial charge in [0, 0.05) is 24.8 Å². The van der Waals surface area contributed by atoms with E-state index in [1.165, 1.54) is 12.4 Å². The fourth-order valence-corrected chi connectivity index (χ4v) is 0.891. The summed E-state index contributed by atoms with van der Waals surface area (Å²) < 4.78 is 0. The van der Waals surface area contributed by atoms with Gasteiger partial charge in [-0.1, -0.05) is 0 Å². The number of nitrogens with one attached hydrogen (secondary N) is 2. The van der Waals surface area contributed by atoms with Crippen molar-refractivity contribution in [2.75, 3.05) is 0 Å². The highest BCUT2D eigenvalue weighted by Crippen LogP contribution is 1.98. The standard InChI is InChI=1S/C7H6N4O.CH4N2O/c12-5(6-8-1-2-9-6)7-10-3-4-11-7;2-1(3)4/h1-4H,(H,8,9)(H,10,11);(H4,2,3,4). The van der Waals surface area contributed by atoms with Crippen LogP contribution in [0.15, 0.2) is 24.8 Å². The van der Waals surface area contributed by atoms with E-state index in [-0.39, 0.29) is 5.78 Å². The van der Waals surface area contributed by atoms with Gasteiger partial charge in [0.15, 0.2) is 11.6 Å². The molecule has 2 amide bonds. The van der Waals surface area contributed by atoms with Crippen LogP contribution in [0.3, 0.4) is 0 Å². The Bertz CT molecular complexity index is 407. The zero-order chi connectivity index (χ0) is 12.0. The molecule has 0 fully saturated rings. The van der Waals surface area contributed by atoms with E-state index in [4.69, 9.17) is 4.79 Å². The number of carbonyl (C=O) groups is 2. The summed E-state index contributed by atoms with van der Waals surface area (Å²) in [5, 5.41) is 0. The first-order chi connectivity index (χ1) is 7.61. The third-order valence-electron chi connectivity index (χ3n) is 1.43. The minimum absolute atomic E-state index is 0.231. The topological polar surface area (TPSA) is 144 Å². The molecule has 0 unspecified atom stereocenters. The smallest absolute Gasteiger partial charge is 0.309 e. The van der Waals surface area contributed by atoms with Crippen LogP contribution in [-0.2, 0) is 0 Å². The summed E-state index contributed by atoms with van der Waals surface area (Å²) in [4.78, 5) is 33.4. The van der Waals surface area contributed by atoms with Crippen molar-refractivity contribution in [2.24, 2.45) is 11.5 Å². The highest BCUT2D eigenvalue weighted by atomic mass is 16.2. The molecule has 0 atom stereocenters. The number of rotatable bonds is 2. The average Bonchev–Trinajstić information content (AvgIpc) is 2.90. The van der Waals surface area contributed by atoms with E-state index >= 15 is 0 Å². The molecular weight excluding hydrogens is 212 g/mol. The molecule has 84 valence electrons. The van der Waals surface area contributed by atoms with Gasteiger partial charge >= 0.3 is 6.03 Å². The quantitative estimate of drug-likeness (QED) is 0.502. The van der Waals surface area contributed by atoms with Crippen molar-refractivity contribution >= 4 is 11.8 Å². The highest BCUT2D eigenvalue weighted by molar-refractivity contribution is 6.03. The minimum Gasteiger partial charge on any atom is -0.352 e. The SMILES string of the molecule is NC(N)=O.O=C(c1ncc[nH]1)c1ncc[nH]1. The van der Waals surface area contributed by atoms with E-state index < -0.39 is 6.03 Å². The lowest BCUT2D eigenvalue weighted by molar-refractivity contribution is 0.102. The number of ketones is 1. The summed E-state index contributed by atoms with van der Waals surface area (Å²) in [6.07, 6.45) is 6.23. The summed E-state index contributed by atoms with van der Waals surface area (Å²) >= 11 is 0. The molecule has 0 aliphatic rings. The molecule has 6 N–H and O–H groups in total. The molecule has 2 heterocycles. The molecule has 8 heteroatoms. The number of urea groups is 1. The number of nitrogens with zero attached hydrogens (tertiary/aromatic N) is 2. The van der Waals surface area contributed by atoms with Crippen molar-refractivity contribution in [2.45, 2.75) is 0 Å². The number of hydrogen-bond acceptors (Lipinski definition) is 4. The minimum atomic E-state index is -0.833. The maximum absolute atomic E-state index is 11.4. The number of H-pyrrole nitrogens is 2. The Kier molecular flexibility index (Phi) is 3.78. The van der Waals surface area contributed by atoms with Crippen LogP contribution in [-0.4, -0.2) is 31.8 Å². The van der Waals surface area contributed by atoms with Crippen LogP contribution in [0, 0.1) is 0 Å². The van der Waals surface area contributed by atoms with Gasteiger partial charge in [0.2, 0.25) is 0 Å². The van der Waals surface area contributed by atoms with Crippen molar-refractivity contribution in [3.05, 3.63) is 36.4 Å². The Morgan fingerprint density at radius 1 is 1.00 bits per heavy atom. The van der Waals surface area contributed by atoms with E-state index in [0.717, 1.165) is 0 Å². The number of amides is 2. The van der Waals surface area contributed by atoms with Gasteiger partial charge in [-0.15, -0.1) is 0 Å². The van der Waals surface area contributed by atoms with Crippen LogP contribution in [0.25, 0.3) is 0 Å². The number of primary amides is 2. The van der Waals surface area contributed by atoms with Crippen LogP contribution >= 0.6 is 0 Å². The molecule has 2 aromatic heterocycles. The Hall–Kier alpha value is -2.64. The van der Waals surface area contributed by atoms with Crippen LogP contribution in [0.5, 0.6) is 0 Å². The lowest BCUT2D eigenvalue weighted by Gasteiger charge is -1.89. The zero-order valence-electron chi connectivity index (χ0n) is 8.18. The van der Waals surface area contributed by atoms with Gasteiger partial charge in [0.25, 0.3) is 5.78 Å². The summed E-state index contributed by atoms with van der Waals surface area (Å²) in [7, 11) is 0. The van der Waals surface area contributed by atoms with E-state index in [1.54, 1.807) is 12.4 Å².